The smallest absolute Gasteiger partial charge is 0.0154 e. The molecule has 0 radical (unpaired) electrons. The summed E-state index contributed by atoms with van der Waals surface area (Å²) < 4.78 is 0. The molecule has 2 heteroatoms. The van der Waals surface area contributed by atoms with Crippen molar-refractivity contribution in [3.8, 4) is 0 Å². The van der Waals surface area contributed by atoms with Crippen LogP contribution in [0.2, 0.25) is 0 Å². The van der Waals surface area contributed by atoms with Gasteiger partial charge in [0.15, 0.2) is 0 Å². The number of halogens is 1. The van der Waals surface area contributed by atoms with Gasteiger partial charge >= 0.3 is 0 Å². The van der Waals surface area contributed by atoms with Gasteiger partial charge in [-0.1, -0.05) is 48.4 Å². The lowest BCUT2D eigenvalue weighted by Crippen LogP contribution is -2.09. The molecule has 0 aliphatic rings. The fourth-order valence-electron chi connectivity index (χ4n) is 1.47. The number of nitrogens with two attached hydrogens (primary N) is 1. The summed E-state index contributed by atoms with van der Waals surface area (Å²) in [7, 11) is 0. The Morgan fingerprint density at radius 1 is 1.57 bits per heavy atom. The van der Waals surface area contributed by atoms with Crippen molar-refractivity contribution in [3.63, 3.8) is 0 Å². The highest BCUT2D eigenvalue weighted by atomic mass is 35.5. The van der Waals surface area contributed by atoms with Crippen LogP contribution in [0.15, 0.2) is 35.4 Å². The van der Waals surface area contributed by atoms with Crippen molar-refractivity contribution in [2.45, 2.75) is 19.8 Å². The summed E-state index contributed by atoms with van der Waals surface area (Å²) >= 11 is 5.71. The summed E-state index contributed by atoms with van der Waals surface area (Å²) in [4.78, 5) is 0. The highest BCUT2D eigenvalue weighted by Gasteiger charge is 2.09. The Hall–Kier alpha value is -0.790. The lowest BCUT2D eigenvalue weighted by atomic mass is 9.93. The van der Waals surface area contributed by atoms with Gasteiger partial charge in [0.1, 0.15) is 0 Å². The van der Waals surface area contributed by atoms with Crippen molar-refractivity contribution < 1.29 is 0 Å². The molecule has 0 fully saturated rings. The van der Waals surface area contributed by atoms with E-state index in [2.05, 4.69) is 38.1 Å². The van der Waals surface area contributed by atoms with Gasteiger partial charge in [-0.15, -0.1) is 0 Å². The first-order chi connectivity index (χ1) is 6.69. The van der Waals surface area contributed by atoms with Gasteiger partial charge in [-0.25, -0.2) is 0 Å². The molecule has 1 atom stereocenters. The van der Waals surface area contributed by atoms with Crippen LogP contribution in [-0.2, 0) is 0 Å². The monoisotopic (exact) mass is 209 g/mol. The fraction of sp³-hybridized carbons (Fsp3) is 0.333. The zero-order chi connectivity index (χ0) is 10.6. The van der Waals surface area contributed by atoms with Crippen molar-refractivity contribution in [1.82, 2.24) is 0 Å². The predicted molar refractivity (Wildman–Crippen MR) is 62.6 cm³/mol. The number of hydrogen-bond donors (Lipinski definition) is 1. The molecule has 1 nitrogen and oxygen atoms in total. The van der Waals surface area contributed by atoms with Gasteiger partial charge in [-0.2, -0.15) is 0 Å². The molecule has 0 aliphatic heterocycles. The largest absolute Gasteiger partial charge is 0.327 e. The second kappa shape index (κ2) is 5.18. The molecule has 76 valence electrons. The molecule has 1 aromatic carbocycles. The maximum absolute atomic E-state index is 5.71. The topological polar surface area (TPSA) is 26.0 Å². The zero-order valence-corrected chi connectivity index (χ0v) is 9.38. The molecule has 0 spiro atoms. The summed E-state index contributed by atoms with van der Waals surface area (Å²) in [5.41, 5.74) is 10.8. The third-order valence-corrected chi connectivity index (χ3v) is 2.75. The summed E-state index contributed by atoms with van der Waals surface area (Å²) in [5, 5.41) is 0. The SMILES string of the molecule is Cc1cccc(C(C)/C(=C\Cl)CN)c1. The van der Waals surface area contributed by atoms with Gasteiger partial charge in [-0.05, 0) is 18.1 Å². The molecule has 0 saturated heterocycles. The fourth-order valence-corrected chi connectivity index (χ4v) is 1.75. The van der Waals surface area contributed by atoms with E-state index < -0.39 is 0 Å². The Labute approximate surface area is 90.6 Å². The third kappa shape index (κ3) is 2.60. The van der Waals surface area contributed by atoms with E-state index in [1.54, 1.807) is 5.54 Å². The maximum Gasteiger partial charge on any atom is 0.0154 e. The van der Waals surface area contributed by atoms with Crippen molar-refractivity contribution in [2.24, 2.45) is 5.73 Å². The van der Waals surface area contributed by atoms with E-state index in [0.29, 0.717) is 12.5 Å². The van der Waals surface area contributed by atoms with E-state index in [4.69, 9.17) is 17.3 Å². The van der Waals surface area contributed by atoms with Gasteiger partial charge < -0.3 is 5.73 Å². The average Bonchev–Trinajstić information content (AvgIpc) is 2.19. The average molecular weight is 210 g/mol. The number of hydrogen-bond acceptors (Lipinski definition) is 1. The quantitative estimate of drug-likeness (QED) is 0.813. The highest BCUT2D eigenvalue weighted by Crippen LogP contribution is 2.24. The Balaban J connectivity index is 2.94. The summed E-state index contributed by atoms with van der Waals surface area (Å²) in [6, 6.07) is 8.42. The van der Waals surface area contributed by atoms with E-state index in [1.165, 1.54) is 11.1 Å². The molecule has 0 saturated carbocycles. The molecule has 1 unspecified atom stereocenters. The first kappa shape index (κ1) is 11.3. The van der Waals surface area contributed by atoms with Crippen LogP contribution in [-0.4, -0.2) is 6.54 Å². The van der Waals surface area contributed by atoms with Gasteiger partial charge in [0.2, 0.25) is 0 Å². The standard InChI is InChI=1S/C12H16ClN/c1-9-4-3-5-11(6-9)10(2)12(7-13)8-14/h3-7,10H,8,14H2,1-2H3/b12-7-. The molecular weight excluding hydrogens is 194 g/mol. The molecule has 1 aromatic rings. The Bertz CT molecular complexity index is 331. The van der Waals surface area contributed by atoms with Crippen LogP contribution in [0, 0.1) is 6.92 Å². The number of aryl methyl sites for hydroxylation is 1. The molecule has 0 amide bonds. The van der Waals surface area contributed by atoms with Gasteiger partial charge in [0, 0.05) is 18.0 Å². The molecule has 2 N–H and O–H groups in total. The number of rotatable bonds is 3. The van der Waals surface area contributed by atoms with E-state index in [0.717, 1.165) is 5.57 Å². The highest BCUT2D eigenvalue weighted by molar-refractivity contribution is 6.25. The van der Waals surface area contributed by atoms with Crippen molar-refractivity contribution in [1.29, 1.82) is 0 Å². The van der Waals surface area contributed by atoms with Gasteiger partial charge in [0.05, 0.1) is 0 Å². The third-order valence-electron chi connectivity index (χ3n) is 2.47. The van der Waals surface area contributed by atoms with Crippen molar-refractivity contribution in [2.75, 3.05) is 6.54 Å². The van der Waals surface area contributed by atoms with Crippen molar-refractivity contribution in [3.05, 3.63) is 46.5 Å². The normalized spacial score (nSPS) is 14.1. The lowest BCUT2D eigenvalue weighted by Gasteiger charge is -2.14. The van der Waals surface area contributed by atoms with Gasteiger partial charge in [0.25, 0.3) is 0 Å². The lowest BCUT2D eigenvalue weighted by molar-refractivity contribution is 0.858. The predicted octanol–water partition coefficient (Wildman–Crippen LogP) is 3.18. The van der Waals surface area contributed by atoms with Gasteiger partial charge in [-0.3, -0.25) is 0 Å². The van der Waals surface area contributed by atoms with E-state index >= 15 is 0 Å². The van der Waals surface area contributed by atoms with E-state index in [1.807, 2.05) is 0 Å². The minimum absolute atomic E-state index is 0.303. The van der Waals surface area contributed by atoms with Crippen LogP contribution >= 0.6 is 11.6 Å². The molecule has 0 aliphatic carbocycles. The Morgan fingerprint density at radius 3 is 2.79 bits per heavy atom. The Morgan fingerprint density at radius 2 is 2.29 bits per heavy atom. The number of benzene rings is 1. The summed E-state index contributed by atoms with van der Waals surface area (Å²) in [5.74, 6) is 0.303. The molecule has 1 rings (SSSR count). The molecule has 0 aromatic heterocycles. The summed E-state index contributed by atoms with van der Waals surface area (Å²) in [6.45, 7) is 4.72. The Kier molecular flexibility index (Phi) is 4.18. The van der Waals surface area contributed by atoms with Crippen molar-refractivity contribution >= 4 is 11.6 Å². The second-order valence-corrected chi connectivity index (χ2v) is 3.74. The van der Waals surface area contributed by atoms with E-state index in [-0.39, 0.29) is 0 Å². The molecule has 0 bridgehead atoms. The molecule has 0 heterocycles. The first-order valence-electron chi connectivity index (χ1n) is 4.74. The van der Waals surface area contributed by atoms with Crippen LogP contribution < -0.4 is 5.73 Å². The first-order valence-corrected chi connectivity index (χ1v) is 5.18. The molecule has 14 heavy (non-hydrogen) atoms. The maximum atomic E-state index is 5.71. The van der Waals surface area contributed by atoms with Crippen LogP contribution in [0.25, 0.3) is 0 Å². The molecular formula is C12H16ClN. The zero-order valence-electron chi connectivity index (χ0n) is 8.63. The summed E-state index contributed by atoms with van der Waals surface area (Å²) in [6.07, 6.45) is 0. The second-order valence-electron chi connectivity index (χ2n) is 3.52. The van der Waals surface area contributed by atoms with Crippen LogP contribution in [0.3, 0.4) is 0 Å². The minimum Gasteiger partial charge on any atom is -0.327 e. The van der Waals surface area contributed by atoms with Crippen LogP contribution in [0.4, 0.5) is 0 Å². The minimum atomic E-state index is 0.303. The van der Waals surface area contributed by atoms with Crippen LogP contribution in [0.5, 0.6) is 0 Å². The van der Waals surface area contributed by atoms with E-state index in [9.17, 15) is 0 Å². The van der Waals surface area contributed by atoms with Crippen LogP contribution in [0.1, 0.15) is 24.0 Å².